The summed E-state index contributed by atoms with van der Waals surface area (Å²) in [7, 11) is 1.92. The van der Waals surface area contributed by atoms with Crippen LogP contribution in [0.4, 0.5) is 5.82 Å². The van der Waals surface area contributed by atoms with E-state index in [0.29, 0.717) is 6.61 Å². The summed E-state index contributed by atoms with van der Waals surface area (Å²) in [6.07, 6.45) is 6.54. The van der Waals surface area contributed by atoms with E-state index in [4.69, 9.17) is 4.74 Å². The van der Waals surface area contributed by atoms with Crippen LogP contribution in [0.25, 0.3) is 11.1 Å². The molecule has 118 valence electrons. The van der Waals surface area contributed by atoms with Gasteiger partial charge in [-0.3, -0.25) is 4.68 Å². The number of anilines is 1. The molecule has 1 N–H and O–H groups in total. The molecule has 0 saturated heterocycles. The third kappa shape index (κ3) is 4.32. The Hall–Kier alpha value is -2.82. The maximum absolute atomic E-state index is 5.83. The van der Waals surface area contributed by atoms with E-state index >= 15 is 0 Å². The van der Waals surface area contributed by atoms with Gasteiger partial charge in [-0.1, -0.05) is 18.2 Å². The van der Waals surface area contributed by atoms with E-state index in [-0.39, 0.29) is 0 Å². The average Bonchev–Trinajstić information content (AvgIpc) is 3.02. The number of pyridine rings is 1. The standard InChI is InChI=1S/C18H20N4O/c1-22-14-16(13-21-22)15-6-4-7-17(12-15)23-11-5-10-20-18-8-2-3-9-19-18/h2-4,6-9,12-14H,5,10-11H2,1H3,(H,19,20). The number of benzene rings is 1. The quantitative estimate of drug-likeness (QED) is 0.680. The van der Waals surface area contributed by atoms with Crippen LogP contribution in [-0.4, -0.2) is 27.9 Å². The number of hydrogen-bond donors (Lipinski definition) is 1. The van der Waals surface area contributed by atoms with Crippen LogP contribution < -0.4 is 10.1 Å². The number of hydrogen-bond acceptors (Lipinski definition) is 4. The van der Waals surface area contributed by atoms with Crippen LogP contribution in [0.5, 0.6) is 5.75 Å². The number of aromatic nitrogens is 3. The van der Waals surface area contributed by atoms with Gasteiger partial charge in [-0.25, -0.2) is 4.98 Å². The first-order chi connectivity index (χ1) is 11.3. The van der Waals surface area contributed by atoms with Gasteiger partial charge in [-0.2, -0.15) is 5.10 Å². The van der Waals surface area contributed by atoms with Crippen LogP contribution >= 0.6 is 0 Å². The van der Waals surface area contributed by atoms with Crippen molar-refractivity contribution in [2.75, 3.05) is 18.5 Å². The van der Waals surface area contributed by atoms with Gasteiger partial charge < -0.3 is 10.1 Å². The zero-order valence-corrected chi connectivity index (χ0v) is 13.1. The van der Waals surface area contributed by atoms with Crippen LogP contribution in [0.2, 0.25) is 0 Å². The van der Waals surface area contributed by atoms with Crippen LogP contribution in [0.3, 0.4) is 0 Å². The Balaban J connectivity index is 1.47. The molecule has 0 unspecified atom stereocenters. The number of ether oxygens (including phenoxy) is 1. The minimum absolute atomic E-state index is 0.663. The van der Waals surface area contributed by atoms with E-state index in [2.05, 4.69) is 21.5 Å². The SMILES string of the molecule is Cn1cc(-c2cccc(OCCCNc3ccccn3)c2)cn1. The fourth-order valence-corrected chi connectivity index (χ4v) is 2.28. The number of nitrogens with zero attached hydrogens (tertiary/aromatic N) is 3. The molecule has 0 aliphatic heterocycles. The molecule has 0 spiro atoms. The molecule has 3 rings (SSSR count). The molecule has 0 fully saturated rings. The maximum Gasteiger partial charge on any atom is 0.125 e. The lowest BCUT2D eigenvalue weighted by Gasteiger charge is -2.08. The molecule has 0 aliphatic carbocycles. The Labute approximate surface area is 135 Å². The van der Waals surface area contributed by atoms with Gasteiger partial charge >= 0.3 is 0 Å². The Morgan fingerprint density at radius 2 is 2.09 bits per heavy atom. The normalized spacial score (nSPS) is 10.5. The highest BCUT2D eigenvalue weighted by atomic mass is 16.5. The third-order valence-electron chi connectivity index (χ3n) is 3.43. The molecule has 5 heteroatoms. The van der Waals surface area contributed by atoms with Gasteiger partial charge in [0.05, 0.1) is 12.8 Å². The third-order valence-corrected chi connectivity index (χ3v) is 3.43. The topological polar surface area (TPSA) is 52.0 Å². The number of aryl methyl sites for hydroxylation is 1. The molecule has 0 radical (unpaired) electrons. The van der Waals surface area contributed by atoms with Crippen molar-refractivity contribution in [2.24, 2.45) is 7.05 Å². The second-order valence-electron chi connectivity index (χ2n) is 5.27. The highest BCUT2D eigenvalue weighted by Crippen LogP contribution is 2.23. The van der Waals surface area contributed by atoms with Crippen molar-refractivity contribution >= 4 is 5.82 Å². The van der Waals surface area contributed by atoms with Crippen molar-refractivity contribution < 1.29 is 4.74 Å². The van der Waals surface area contributed by atoms with Gasteiger partial charge in [0.25, 0.3) is 0 Å². The predicted molar refractivity (Wildman–Crippen MR) is 91.5 cm³/mol. The minimum Gasteiger partial charge on any atom is -0.494 e. The van der Waals surface area contributed by atoms with Crippen LogP contribution in [0.1, 0.15) is 6.42 Å². The van der Waals surface area contributed by atoms with Gasteiger partial charge in [0.1, 0.15) is 11.6 Å². The summed E-state index contributed by atoms with van der Waals surface area (Å²) in [5.41, 5.74) is 2.21. The molecule has 0 aliphatic rings. The van der Waals surface area contributed by atoms with Gasteiger partial charge in [-0.05, 0) is 36.2 Å². The average molecular weight is 308 g/mol. The van der Waals surface area contributed by atoms with Gasteiger partial charge in [0, 0.05) is 31.5 Å². The van der Waals surface area contributed by atoms with Gasteiger partial charge in [0.15, 0.2) is 0 Å². The molecule has 0 amide bonds. The van der Waals surface area contributed by atoms with E-state index in [9.17, 15) is 0 Å². The summed E-state index contributed by atoms with van der Waals surface area (Å²) >= 11 is 0. The zero-order valence-electron chi connectivity index (χ0n) is 13.1. The Kier molecular flexibility index (Phi) is 4.88. The van der Waals surface area contributed by atoms with E-state index in [1.54, 1.807) is 10.9 Å². The second kappa shape index (κ2) is 7.45. The molecule has 0 atom stereocenters. The molecule has 3 aromatic rings. The van der Waals surface area contributed by atoms with Crippen molar-refractivity contribution in [3.8, 4) is 16.9 Å². The lowest BCUT2D eigenvalue weighted by atomic mass is 10.1. The Morgan fingerprint density at radius 3 is 2.87 bits per heavy atom. The summed E-state index contributed by atoms with van der Waals surface area (Å²) in [5.74, 6) is 1.77. The first-order valence-electron chi connectivity index (χ1n) is 7.68. The summed E-state index contributed by atoms with van der Waals surface area (Å²) in [4.78, 5) is 4.22. The highest BCUT2D eigenvalue weighted by Gasteiger charge is 2.02. The number of nitrogens with one attached hydrogen (secondary N) is 1. The highest BCUT2D eigenvalue weighted by molar-refractivity contribution is 5.63. The fraction of sp³-hybridized carbons (Fsp3) is 0.222. The number of rotatable bonds is 7. The van der Waals surface area contributed by atoms with Crippen molar-refractivity contribution in [3.05, 3.63) is 61.1 Å². The fourth-order valence-electron chi connectivity index (χ4n) is 2.28. The van der Waals surface area contributed by atoms with Crippen LogP contribution in [0, 0.1) is 0 Å². The second-order valence-corrected chi connectivity index (χ2v) is 5.27. The summed E-state index contributed by atoms with van der Waals surface area (Å²) in [5, 5.41) is 7.47. The molecule has 1 aromatic carbocycles. The van der Waals surface area contributed by atoms with Gasteiger partial charge in [-0.15, -0.1) is 0 Å². The molecule has 5 nitrogen and oxygen atoms in total. The smallest absolute Gasteiger partial charge is 0.125 e. The molecule has 0 saturated carbocycles. The Morgan fingerprint density at radius 1 is 1.13 bits per heavy atom. The molecule has 0 bridgehead atoms. The van der Waals surface area contributed by atoms with Crippen molar-refractivity contribution in [2.45, 2.75) is 6.42 Å². The summed E-state index contributed by atoms with van der Waals surface area (Å²) in [6, 6.07) is 13.9. The molecule has 2 heterocycles. The molecule has 23 heavy (non-hydrogen) atoms. The lowest BCUT2D eigenvalue weighted by molar-refractivity contribution is 0.315. The summed E-state index contributed by atoms with van der Waals surface area (Å²) < 4.78 is 7.62. The zero-order chi connectivity index (χ0) is 15.9. The van der Waals surface area contributed by atoms with Crippen LogP contribution in [0.15, 0.2) is 61.1 Å². The maximum atomic E-state index is 5.83. The molecular formula is C18H20N4O. The molecular weight excluding hydrogens is 288 g/mol. The van der Waals surface area contributed by atoms with E-state index < -0.39 is 0 Å². The largest absolute Gasteiger partial charge is 0.494 e. The van der Waals surface area contributed by atoms with E-state index in [0.717, 1.165) is 35.7 Å². The van der Waals surface area contributed by atoms with Crippen molar-refractivity contribution in [3.63, 3.8) is 0 Å². The predicted octanol–water partition coefficient (Wildman–Crippen LogP) is 3.36. The lowest BCUT2D eigenvalue weighted by Crippen LogP contribution is -2.08. The van der Waals surface area contributed by atoms with E-state index in [1.165, 1.54) is 0 Å². The summed E-state index contributed by atoms with van der Waals surface area (Å²) in [6.45, 7) is 1.50. The monoisotopic (exact) mass is 308 g/mol. The first-order valence-corrected chi connectivity index (χ1v) is 7.68. The minimum atomic E-state index is 0.663. The van der Waals surface area contributed by atoms with Crippen LogP contribution in [-0.2, 0) is 7.05 Å². The van der Waals surface area contributed by atoms with Crippen molar-refractivity contribution in [1.82, 2.24) is 14.8 Å². The first kappa shape index (κ1) is 15.1. The van der Waals surface area contributed by atoms with E-state index in [1.807, 2.05) is 55.8 Å². The Bertz CT molecular complexity index is 740. The van der Waals surface area contributed by atoms with Gasteiger partial charge in [0.2, 0.25) is 0 Å². The van der Waals surface area contributed by atoms with Crippen molar-refractivity contribution in [1.29, 1.82) is 0 Å². The molecule has 2 aromatic heterocycles.